The van der Waals surface area contributed by atoms with E-state index < -0.39 is 10.0 Å². The van der Waals surface area contributed by atoms with E-state index in [0.717, 1.165) is 0 Å². The van der Waals surface area contributed by atoms with E-state index in [0.29, 0.717) is 6.54 Å². The SMILES string of the molecule is CCNS(=O)(=O)CCNC(=O)CNC(C)C. The Morgan fingerprint density at radius 2 is 1.94 bits per heavy atom. The summed E-state index contributed by atoms with van der Waals surface area (Å²) >= 11 is 0. The van der Waals surface area contributed by atoms with Crippen LogP contribution in [0, 0.1) is 0 Å². The molecule has 0 aromatic carbocycles. The highest BCUT2D eigenvalue weighted by Gasteiger charge is 2.09. The zero-order valence-corrected chi connectivity index (χ0v) is 10.9. The number of carbonyl (C=O) groups excluding carboxylic acids is 1. The van der Waals surface area contributed by atoms with Crippen molar-refractivity contribution in [2.75, 3.05) is 25.4 Å². The number of rotatable bonds is 8. The van der Waals surface area contributed by atoms with Crippen molar-refractivity contribution >= 4 is 15.9 Å². The van der Waals surface area contributed by atoms with Gasteiger partial charge in [-0.15, -0.1) is 0 Å². The van der Waals surface area contributed by atoms with Crippen LogP contribution < -0.4 is 15.4 Å². The van der Waals surface area contributed by atoms with Gasteiger partial charge in [0.1, 0.15) is 0 Å². The van der Waals surface area contributed by atoms with Crippen molar-refractivity contribution in [1.82, 2.24) is 15.4 Å². The molecule has 0 fully saturated rings. The Labute approximate surface area is 97.2 Å². The second kappa shape index (κ2) is 7.59. The van der Waals surface area contributed by atoms with E-state index in [4.69, 9.17) is 0 Å². The molecule has 3 N–H and O–H groups in total. The van der Waals surface area contributed by atoms with Crippen LogP contribution in [0.4, 0.5) is 0 Å². The fourth-order valence-corrected chi connectivity index (χ4v) is 1.93. The molecule has 0 bridgehead atoms. The summed E-state index contributed by atoms with van der Waals surface area (Å²) in [7, 11) is -3.24. The highest BCUT2D eigenvalue weighted by Crippen LogP contribution is 1.81. The van der Waals surface area contributed by atoms with Gasteiger partial charge in [0, 0.05) is 19.1 Å². The molecule has 0 aliphatic rings. The van der Waals surface area contributed by atoms with E-state index in [1.165, 1.54) is 0 Å². The Morgan fingerprint density at radius 1 is 1.31 bits per heavy atom. The predicted molar refractivity (Wildman–Crippen MR) is 63.6 cm³/mol. The second-order valence-corrected chi connectivity index (χ2v) is 5.63. The van der Waals surface area contributed by atoms with E-state index in [9.17, 15) is 13.2 Å². The summed E-state index contributed by atoms with van der Waals surface area (Å²) < 4.78 is 24.8. The lowest BCUT2D eigenvalue weighted by molar-refractivity contribution is -0.120. The predicted octanol–water partition coefficient (Wildman–Crippen LogP) is -0.960. The third-order valence-corrected chi connectivity index (χ3v) is 3.20. The molecule has 0 radical (unpaired) electrons. The number of hydrogen-bond donors (Lipinski definition) is 3. The topological polar surface area (TPSA) is 87.3 Å². The molecule has 0 spiro atoms. The summed E-state index contributed by atoms with van der Waals surface area (Å²) in [6.07, 6.45) is 0. The lowest BCUT2D eigenvalue weighted by atomic mass is 10.4. The molecule has 6 nitrogen and oxygen atoms in total. The maximum Gasteiger partial charge on any atom is 0.233 e. The van der Waals surface area contributed by atoms with Crippen molar-refractivity contribution in [3.63, 3.8) is 0 Å². The summed E-state index contributed by atoms with van der Waals surface area (Å²) in [5.41, 5.74) is 0. The summed E-state index contributed by atoms with van der Waals surface area (Å²) in [6, 6.07) is 0.233. The minimum atomic E-state index is -3.24. The molecule has 0 aromatic heterocycles. The van der Waals surface area contributed by atoms with Crippen molar-refractivity contribution in [3.8, 4) is 0 Å². The standard InChI is InChI=1S/C9H21N3O3S/c1-4-12-16(14,15)6-5-10-9(13)7-11-8(2)3/h8,11-12H,4-7H2,1-3H3,(H,10,13). The maximum atomic E-state index is 11.2. The van der Waals surface area contributed by atoms with E-state index >= 15 is 0 Å². The van der Waals surface area contributed by atoms with Crippen molar-refractivity contribution in [2.24, 2.45) is 0 Å². The van der Waals surface area contributed by atoms with Crippen LogP contribution in [-0.2, 0) is 14.8 Å². The van der Waals surface area contributed by atoms with Crippen molar-refractivity contribution in [2.45, 2.75) is 26.8 Å². The van der Waals surface area contributed by atoms with Gasteiger partial charge in [-0.25, -0.2) is 13.1 Å². The average Bonchev–Trinajstić information content (AvgIpc) is 2.14. The zero-order valence-electron chi connectivity index (χ0n) is 10.0. The highest BCUT2D eigenvalue weighted by atomic mass is 32.2. The lowest BCUT2D eigenvalue weighted by Crippen LogP contribution is -2.40. The normalized spacial score (nSPS) is 11.8. The number of nitrogens with one attached hydrogen (secondary N) is 3. The first-order valence-corrected chi connectivity index (χ1v) is 7.00. The third-order valence-electron chi connectivity index (χ3n) is 1.73. The molecule has 0 atom stereocenters. The Kier molecular flexibility index (Phi) is 7.27. The molecular weight excluding hydrogens is 230 g/mol. The first-order valence-electron chi connectivity index (χ1n) is 5.34. The van der Waals surface area contributed by atoms with E-state index in [-0.39, 0.29) is 30.8 Å². The highest BCUT2D eigenvalue weighted by molar-refractivity contribution is 7.89. The van der Waals surface area contributed by atoms with Crippen LogP contribution in [0.25, 0.3) is 0 Å². The molecular formula is C9H21N3O3S. The average molecular weight is 251 g/mol. The zero-order chi connectivity index (χ0) is 12.6. The lowest BCUT2D eigenvalue weighted by Gasteiger charge is -2.09. The Bertz CT molecular complexity index is 301. The van der Waals surface area contributed by atoms with Crippen LogP contribution in [0.2, 0.25) is 0 Å². The Hall–Kier alpha value is -0.660. The molecule has 0 rings (SSSR count). The number of sulfonamides is 1. The van der Waals surface area contributed by atoms with Crippen molar-refractivity contribution in [3.05, 3.63) is 0 Å². The number of carbonyl (C=O) groups is 1. The first kappa shape index (κ1) is 15.3. The van der Waals surface area contributed by atoms with Gasteiger partial charge in [-0.2, -0.15) is 0 Å². The minimum Gasteiger partial charge on any atom is -0.354 e. The minimum absolute atomic E-state index is 0.0890. The van der Waals surface area contributed by atoms with Crippen LogP contribution in [0.1, 0.15) is 20.8 Å². The molecule has 16 heavy (non-hydrogen) atoms. The van der Waals surface area contributed by atoms with Crippen LogP contribution in [0.15, 0.2) is 0 Å². The quantitative estimate of drug-likeness (QED) is 0.518. The van der Waals surface area contributed by atoms with Gasteiger partial charge in [-0.05, 0) is 0 Å². The summed E-state index contributed by atoms with van der Waals surface area (Å²) in [4.78, 5) is 11.2. The maximum absolute atomic E-state index is 11.2. The molecule has 1 amide bonds. The van der Waals surface area contributed by atoms with Crippen LogP contribution in [0.3, 0.4) is 0 Å². The largest absolute Gasteiger partial charge is 0.354 e. The molecule has 0 saturated carbocycles. The van der Waals surface area contributed by atoms with Crippen molar-refractivity contribution < 1.29 is 13.2 Å². The Balaban J connectivity index is 3.70. The monoisotopic (exact) mass is 251 g/mol. The van der Waals surface area contributed by atoms with Gasteiger partial charge in [-0.3, -0.25) is 4.79 Å². The molecule has 0 heterocycles. The number of hydrogen-bond acceptors (Lipinski definition) is 4. The van der Waals surface area contributed by atoms with Gasteiger partial charge in [-0.1, -0.05) is 20.8 Å². The molecule has 96 valence electrons. The summed E-state index contributed by atoms with van der Waals surface area (Å²) in [5.74, 6) is -0.283. The van der Waals surface area contributed by atoms with Crippen molar-refractivity contribution in [1.29, 1.82) is 0 Å². The molecule has 0 saturated heterocycles. The van der Waals surface area contributed by atoms with Gasteiger partial charge >= 0.3 is 0 Å². The second-order valence-electron chi connectivity index (χ2n) is 3.70. The fraction of sp³-hybridized carbons (Fsp3) is 0.889. The van der Waals surface area contributed by atoms with Crippen LogP contribution in [-0.4, -0.2) is 45.8 Å². The first-order chi connectivity index (χ1) is 7.37. The molecule has 0 aliphatic heterocycles. The Morgan fingerprint density at radius 3 is 2.44 bits per heavy atom. The fourth-order valence-electron chi connectivity index (χ4n) is 0.976. The molecule has 0 aromatic rings. The van der Waals surface area contributed by atoms with E-state index in [1.54, 1.807) is 6.92 Å². The van der Waals surface area contributed by atoms with Gasteiger partial charge in [0.25, 0.3) is 0 Å². The summed E-state index contributed by atoms with van der Waals surface area (Å²) in [5, 5.41) is 5.47. The van der Waals surface area contributed by atoms with Gasteiger partial charge in [0.15, 0.2) is 0 Å². The van der Waals surface area contributed by atoms with Crippen LogP contribution in [0.5, 0.6) is 0 Å². The van der Waals surface area contributed by atoms with Crippen LogP contribution >= 0.6 is 0 Å². The number of amides is 1. The third kappa shape index (κ3) is 8.63. The van der Waals surface area contributed by atoms with E-state index in [2.05, 4.69) is 15.4 Å². The van der Waals surface area contributed by atoms with Gasteiger partial charge in [0.2, 0.25) is 15.9 Å². The van der Waals surface area contributed by atoms with Gasteiger partial charge < -0.3 is 10.6 Å². The smallest absolute Gasteiger partial charge is 0.233 e. The summed E-state index contributed by atoms with van der Waals surface area (Å²) in [6.45, 7) is 6.28. The molecule has 0 unspecified atom stereocenters. The molecule has 7 heteroatoms. The molecule has 0 aliphatic carbocycles. The van der Waals surface area contributed by atoms with Gasteiger partial charge in [0.05, 0.1) is 12.3 Å². The van der Waals surface area contributed by atoms with E-state index in [1.807, 2.05) is 13.8 Å².